The first kappa shape index (κ1) is 15.4. The number of fused-ring (bicyclic) bond motifs is 2. The van der Waals surface area contributed by atoms with E-state index in [1.165, 1.54) is 6.33 Å². The predicted octanol–water partition coefficient (Wildman–Crippen LogP) is 2.50. The van der Waals surface area contributed by atoms with Gasteiger partial charge in [-0.05, 0) is 30.7 Å². The molecule has 1 aromatic carbocycles. The fourth-order valence-corrected chi connectivity index (χ4v) is 3.23. The molecular formula is C19H16N8. The number of hydrogen-bond acceptors (Lipinski definition) is 6. The van der Waals surface area contributed by atoms with E-state index >= 15 is 0 Å². The van der Waals surface area contributed by atoms with Gasteiger partial charge in [0.1, 0.15) is 23.2 Å². The second-order valence-electron chi connectivity index (χ2n) is 6.36. The second kappa shape index (κ2) is 5.87. The van der Waals surface area contributed by atoms with E-state index in [9.17, 15) is 0 Å². The second-order valence-corrected chi connectivity index (χ2v) is 6.36. The van der Waals surface area contributed by atoms with Gasteiger partial charge < -0.3 is 10.3 Å². The van der Waals surface area contributed by atoms with E-state index in [0.29, 0.717) is 23.5 Å². The summed E-state index contributed by atoms with van der Waals surface area (Å²) in [6, 6.07) is 12.1. The molecule has 2 N–H and O–H groups in total. The summed E-state index contributed by atoms with van der Waals surface area (Å²) in [5.41, 5.74) is 10.9. The largest absolute Gasteiger partial charge is 0.382 e. The van der Waals surface area contributed by atoms with Crippen molar-refractivity contribution in [2.45, 2.75) is 13.5 Å². The number of pyridine rings is 1. The Morgan fingerprint density at radius 1 is 1.00 bits per heavy atom. The molecular weight excluding hydrogens is 340 g/mol. The summed E-state index contributed by atoms with van der Waals surface area (Å²) < 4.78 is 3.98. The molecule has 8 nitrogen and oxygen atoms in total. The lowest BCUT2D eigenvalue weighted by Gasteiger charge is -2.09. The normalized spacial score (nSPS) is 11.4. The third-order valence-corrected chi connectivity index (χ3v) is 4.46. The Morgan fingerprint density at radius 2 is 1.85 bits per heavy atom. The molecule has 5 aromatic rings. The average Bonchev–Trinajstić information content (AvgIpc) is 3.24. The summed E-state index contributed by atoms with van der Waals surface area (Å²) in [4.78, 5) is 22.1. The van der Waals surface area contributed by atoms with Gasteiger partial charge in [-0.3, -0.25) is 4.57 Å². The summed E-state index contributed by atoms with van der Waals surface area (Å²) in [5.74, 6) is 1.21. The number of benzene rings is 1. The number of rotatable bonds is 3. The van der Waals surface area contributed by atoms with E-state index in [4.69, 9.17) is 10.7 Å². The molecule has 0 unspecified atom stereocenters. The first-order chi connectivity index (χ1) is 13.2. The number of para-hydroxylation sites is 1. The lowest BCUT2D eigenvalue weighted by atomic mass is 10.3. The van der Waals surface area contributed by atoms with Crippen LogP contribution >= 0.6 is 0 Å². The standard InChI is InChI=1S/C19H16N8/c1-12-7-14-18(21-8-12)27(13-5-3-2-4-6-13)15(25-14)9-26-11-24-16-17(20)22-10-23-19(16)26/h2-8,10-11H,9H2,1H3,(H2,20,22,23). The molecule has 0 aliphatic rings. The van der Waals surface area contributed by atoms with E-state index in [2.05, 4.69) is 24.5 Å². The molecule has 0 spiro atoms. The summed E-state index contributed by atoms with van der Waals surface area (Å²) in [5, 5.41) is 0. The van der Waals surface area contributed by atoms with E-state index in [0.717, 1.165) is 28.2 Å². The molecule has 0 radical (unpaired) electrons. The highest BCUT2D eigenvalue weighted by atomic mass is 15.2. The van der Waals surface area contributed by atoms with Crippen molar-refractivity contribution in [2.75, 3.05) is 5.73 Å². The van der Waals surface area contributed by atoms with Gasteiger partial charge in [-0.1, -0.05) is 18.2 Å². The van der Waals surface area contributed by atoms with Crippen LogP contribution in [0.2, 0.25) is 0 Å². The lowest BCUT2D eigenvalue weighted by Crippen LogP contribution is -2.08. The van der Waals surface area contributed by atoms with Crippen LogP contribution < -0.4 is 5.73 Å². The van der Waals surface area contributed by atoms with Gasteiger partial charge in [-0.2, -0.15) is 0 Å². The van der Waals surface area contributed by atoms with Gasteiger partial charge in [0.25, 0.3) is 0 Å². The zero-order chi connectivity index (χ0) is 18.4. The number of nitrogen functional groups attached to an aromatic ring is 1. The molecule has 0 saturated heterocycles. The lowest BCUT2D eigenvalue weighted by molar-refractivity contribution is 0.744. The van der Waals surface area contributed by atoms with Crippen LogP contribution in [0.1, 0.15) is 11.4 Å². The van der Waals surface area contributed by atoms with Gasteiger partial charge in [-0.25, -0.2) is 24.9 Å². The van der Waals surface area contributed by atoms with Gasteiger partial charge in [0.15, 0.2) is 17.1 Å². The van der Waals surface area contributed by atoms with Crippen LogP contribution in [0.25, 0.3) is 28.0 Å². The zero-order valence-corrected chi connectivity index (χ0v) is 14.6. The molecule has 4 heterocycles. The maximum absolute atomic E-state index is 5.90. The fourth-order valence-electron chi connectivity index (χ4n) is 3.23. The molecule has 27 heavy (non-hydrogen) atoms. The fraction of sp³-hybridized carbons (Fsp3) is 0.105. The quantitative estimate of drug-likeness (QED) is 0.533. The van der Waals surface area contributed by atoms with E-state index in [1.54, 1.807) is 6.33 Å². The Morgan fingerprint density at radius 3 is 2.70 bits per heavy atom. The van der Waals surface area contributed by atoms with Crippen molar-refractivity contribution in [1.29, 1.82) is 0 Å². The van der Waals surface area contributed by atoms with Crippen molar-refractivity contribution in [3.8, 4) is 5.69 Å². The maximum atomic E-state index is 5.90. The van der Waals surface area contributed by atoms with Crippen LogP contribution in [-0.2, 0) is 6.54 Å². The van der Waals surface area contributed by atoms with Crippen LogP contribution in [0, 0.1) is 6.92 Å². The molecule has 0 fully saturated rings. The van der Waals surface area contributed by atoms with Gasteiger partial charge in [0.05, 0.1) is 12.9 Å². The average molecular weight is 356 g/mol. The number of anilines is 1. The Kier molecular flexibility index (Phi) is 3.36. The number of hydrogen-bond donors (Lipinski definition) is 1. The molecule has 0 amide bonds. The summed E-state index contributed by atoms with van der Waals surface area (Å²) >= 11 is 0. The van der Waals surface area contributed by atoms with E-state index in [1.807, 2.05) is 54.1 Å². The number of aromatic nitrogens is 7. The topological polar surface area (TPSA) is 100 Å². The maximum Gasteiger partial charge on any atom is 0.165 e. The molecule has 0 saturated carbocycles. The van der Waals surface area contributed by atoms with Crippen LogP contribution in [-0.4, -0.2) is 34.1 Å². The first-order valence-electron chi connectivity index (χ1n) is 8.51. The minimum Gasteiger partial charge on any atom is -0.382 e. The van der Waals surface area contributed by atoms with Gasteiger partial charge in [-0.15, -0.1) is 0 Å². The Labute approximate surface area is 154 Å². The van der Waals surface area contributed by atoms with Crippen molar-refractivity contribution in [3.63, 3.8) is 0 Å². The van der Waals surface area contributed by atoms with Crippen molar-refractivity contribution >= 4 is 28.1 Å². The Hall–Kier alpha value is -3.81. The van der Waals surface area contributed by atoms with Crippen LogP contribution in [0.5, 0.6) is 0 Å². The summed E-state index contributed by atoms with van der Waals surface area (Å²) in [6.07, 6.45) is 5.01. The van der Waals surface area contributed by atoms with Crippen molar-refractivity contribution in [3.05, 3.63) is 66.6 Å². The van der Waals surface area contributed by atoms with Crippen molar-refractivity contribution in [2.24, 2.45) is 0 Å². The van der Waals surface area contributed by atoms with Crippen LogP contribution in [0.3, 0.4) is 0 Å². The Bertz CT molecular complexity index is 1270. The third kappa shape index (κ3) is 2.50. The number of aryl methyl sites for hydroxylation is 1. The summed E-state index contributed by atoms with van der Waals surface area (Å²) in [7, 11) is 0. The van der Waals surface area contributed by atoms with Crippen molar-refractivity contribution in [1.82, 2.24) is 34.1 Å². The minimum absolute atomic E-state index is 0.368. The number of imidazole rings is 2. The highest BCUT2D eigenvalue weighted by Gasteiger charge is 2.16. The molecule has 0 aliphatic heterocycles. The Balaban J connectivity index is 1.71. The number of nitrogens with zero attached hydrogens (tertiary/aromatic N) is 7. The highest BCUT2D eigenvalue weighted by Crippen LogP contribution is 2.23. The first-order valence-corrected chi connectivity index (χ1v) is 8.51. The molecule has 0 atom stereocenters. The molecule has 5 rings (SSSR count). The van der Waals surface area contributed by atoms with Crippen LogP contribution in [0.15, 0.2) is 55.2 Å². The SMILES string of the molecule is Cc1cnc2c(c1)nc(Cn1cnc3c(N)ncnc31)n2-c1ccccc1. The van der Waals surface area contributed by atoms with Gasteiger partial charge in [0, 0.05) is 11.9 Å². The van der Waals surface area contributed by atoms with Crippen LogP contribution in [0.4, 0.5) is 5.82 Å². The minimum atomic E-state index is 0.368. The summed E-state index contributed by atoms with van der Waals surface area (Å²) in [6.45, 7) is 2.49. The van der Waals surface area contributed by atoms with Gasteiger partial charge in [0.2, 0.25) is 0 Å². The third-order valence-electron chi connectivity index (χ3n) is 4.46. The molecule has 4 aromatic heterocycles. The molecule has 132 valence electrons. The molecule has 8 heteroatoms. The van der Waals surface area contributed by atoms with Gasteiger partial charge >= 0.3 is 0 Å². The zero-order valence-electron chi connectivity index (χ0n) is 14.6. The van der Waals surface area contributed by atoms with E-state index < -0.39 is 0 Å². The smallest absolute Gasteiger partial charge is 0.165 e. The number of nitrogens with two attached hydrogens (primary N) is 1. The van der Waals surface area contributed by atoms with E-state index in [-0.39, 0.29) is 0 Å². The monoisotopic (exact) mass is 356 g/mol. The highest BCUT2D eigenvalue weighted by molar-refractivity contribution is 5.81. The molecule has 0 aliphatic carbocycles. The molecule has 0 bridgehead atoms. The predicted molar refractivity (Wildman–Crippen MR) is 102 cm³/mol. The van der Waals surface area contributed by atoms with Crippen molar-refractivity contribution < 1.29 is 0 Å².